The summed E-state index contributed by atoms with van der Waals surface area (Å²) >= 11 is 0. The first-order valence-corrected chi connectivity index (χ1v) is 16.0. The minimum absolute atomic E-state index is 0.0249. The lowest BCUT2D eigenvalue weighted by Crippen LogP contribution is -2.56. The first-order chi connectivity index (χ1) is 22.3. The van der Waals surface area contributed by atoms with Crippen LogP contribution in [0.3, 0.4) is 0 Å². The molecule has 1 aromatic heterocycles. The third-order valence-corrected chi connectivity index (χ3v) is 9.85. The normalized spacial score (nSPS) is 26.3. The summed E-state index contributed by atoms with van der Waals surface area (Å²) in [6, 6.07) is 16.3. The summed E-state index contributed by atoms with van der Waals surface area (Å²) in [7, 11) is 0. The van der Waals surface area contributed by atoms with Gasteiger partial charge in [0.05, 0.1) is 23.0 Å². The molecular formula is C35H42N6O5. The number of hydrogen-bond acceptors (Lipinski definition) is 7. The minimum atomic E-state index is -1.17. The number of fused-ring (bicyclic) bond motifs is 2. The molecule has 4 heterocycles. The number of aromatic nitrogens is 3. The Balaban J connectivity index is 1.36. The van der Waals surface area contributed by atoms with E-state index < -0.39 is 29.1 Å². The van der Waals surface area contributed by atoms with Crippen molar-refractivity contribution in [3.05, 3.63) is 85.5 Å². The number of likely N-dealkylation sites (tertiary alicyclic amines) is 1. The number of hydrogen-bond donors (Lipinski definition) is 1. The van der Waals surface area contributed by atoms with Crippen LogP contribution in [0, 0.1) is 11.8 Å². The maximum atomic E-state index is 14.8. The largest absolute Gasteiger partial charge is 0.396 e. The average molecular weight is 627 g/mol. The Kier molecular flexibility index (Phi) is 8.80. The van der Waals surface area contributed by atoms with E-state index in [2.05, 4.69) is 23.5 Å². The van der Waals surface area contributed by atoms with Crippen LogP contribution in [-0.2, 0) is 32.3 Å². The van der Waals surface area contributed by atoms with E-state index in [-0.39, 0.29) is 44.1 Å². The van der Waals surface area contributed by atoms with Gasteiger partial charge >= 0.3 is 0 Å². The van der Waals surface area contributed by atoms with Gasteiger partial charge in [-0.2, -0.15) is 0 Å². The predicted octanol–water partition coefficient (Wildman–Crippen LogP) is 3.16. The highest BCUT2D eigenvalue weighted by atomic mass is 16.5. The third kappa shape index (κ3) is 5.31. The van der Waals surface area contributed by atoms with Gasteiger partial charge in [-0.3, -0.25) is 14.4 Å². The summed E-state index contributed by atoms with van der Waals surface area (Å²) in [4.78, 5) is 48.7. The maximum absolute atomic E-state index is 14.8. The van der Waals surface area contributed by atoms with Crippen molar-refractivity contribution in [1.82, 2.24) is 29.7 Å². The molecule has 11 nitrogen and oxygen atoms in total. The van der Waals surface area contributed by atoms with Gasteiger partial charge in [-0.05, 0) is 50.3 Å². The molecule has 46 heavy (non-hydrogen) atoms. The fraction of sp³-hybridized carbons (Fsp3) is 0.457. The Bertz CT molecular complexity index is 1630. The Morgan fingerprint density at radius 3 is 2.48 bits per heavy atom. The fourth-order valence-corrected chi connectivity index (χ4v) is 7.83. The standard InChI is InChI=1S/C35H42N6O5/c1-4-19-38(23-25-13-7-6-8-14-25)31(43)28-29-32(44)40(21-11-12-22-42)30(35(29)18-17-34(28,3)46-35)33(45)39(20-5-2)24-41-27-16-10-9-15-26(27)36-37-41/h4-10,13-16,28-30,42H,1-2,11-12,17-24H2,3H3/t28-,29-,30?,34+,35?/m0/s1. The quantitative estimate of drug-likeness (QED) is 0.216. The van der Waals surface area contributed by atoms with E-state index in [4.69, 9.17) is 4.74 Å². The number of rotatable bonds is 14. The van der Waals surface area contributed by atoms with Crippen LogP contribution in [-0.4, -0.2) is 96.0 Å². The van der Waals surface area contributed by atoms with Gasteiger partial charge in [0.1, 0.15) is 23.8 Å². The summed E-state index contributed by atoms with van der Waals surface area (Å²) in [6.07, 6.45) is 5.36. The molecular weight excluding hydrogens is 584 g/mol. The Morgan fingerprint density at radius 2 is 1.74 bits per heavy atom. The van der Waals surface area contributed by atoms with Crippen LogP contribution in [0.15, 0.2) is 79.9 Å². The van der Waals surface area contributed by atoms with E-state index in [0.717, 1.165) is 11.1 Å². The van der Waals surface area contributed by atoms with Crippen molar-refractivity contribution >= 4 is 28.8 Å². The number of carbonyl (C=O) groups excluding carboxylic acids is 3. The van der Waals surface area contributed by atoms with Gasteiger partial charge in [0.25, 0.3) is 0 Å². The highest BCUT2D eigenvalue weighted by Crippen LogP contribution is 2.63. The molecule has 6 rings (SSSR count). The molecule has 2 bridgehead atoms. The second kappa shape index (κ2) is 12.8. The van der Waals surface area contributed by atoms with Crippen molar-refractivity contribution < 1.29 is 24.2 Å². The van der Waals surface area contributed by atoms with E-state index in [9.17, 15) is 19.5 Å². The number of benzene rings is 2. The second-order valence-electron chi connectivity index (χ2n) is 12.8. The second-order valence-corrected chi connectivity index (χ2v) is 12.8. The zero-order valence-electron chi connectivity index (χ0n) is 26.3. The molecule has 242 valence electrons. The molecule has 5 atom stereocenters. The molecule has 1 N–H and O–H groups in total. The van der Waals surface area contributed by atoms with Gasteiger partial charge in [0.15, 0.2) is 0 Å². The van der Waals surface area contributed by atoms with E-state index in [1.54, 1.807) is 31.5 Å². The van der Waals surface area contributed by atoms with Crippen LogP contribution in [0.5, 0.6) is 0 Å². The molecule has 3 aromatic rings. The van der Waals surface area contributed by atoms with Gasteiger partial charge in [-0.25, -0.2) is 4.68 Å². The van der Waals surface area contributed by atoms with E-state index >= 15 is 0 Å². The van der Waals surface area contributed by atoms with Crippen molar-refractivity contribution in [2.45, 2.75) is 63.1 Å². The Morgan fingerprint density at radius 1 is 1.02 bits per heavy atom. The van der Waals surface area contributed by atoms with Crippen molar-refractivity contribution in [3.8, 4) is 0 Å². The number of para-hydroxylation sites is 1. The van der Waals surface area contributed by atoms with Gasteiger partial charge in [-0.1, -0.05) is 59.8 Å². The SMILES string of the molecule is C=CCN(Cn1nnc2ccccc21)C(=O)C1N(CCCCO)C(=O)[C@@H]2[C@@H](C(=O)N(CC=C)Cc3ccccc3)[C@@]3(C)CCC12O3. The molecule has 3 aliphatic rings. The number of aliphatic hydroxyl groups excluding tert-OH is 1. The molecule has 3 fully saturated rings. The summed E-state index contributed by atoms with van der Waals surface area (Å²) in [5.74, 6) is -2.29. The van der Waals surface area contributed by atoms with E-state index in [1.807, 2.05) is 61.5 Å². The molecule has 0 radical (unpaired) electrons. The predicted molar refractivity (Wildman–Crippen MR) is 172 cm³/mol. The zero-order valence-corrected chi connectivity index (χ0v) is 26.3. The van der Waals surface area contributed by atoms with Crippen LogP contribution in [0.4, 0.5) is 0 Å². The van der Waals surface area contributed by atoms with Gasteiger partial charge in [0, 0.05) is 32.8 Å². The molecule has 2 unspecified atom stereocenters. The number of unbranched alkanes of at least 4 members (excludes halogenated alkanes) is 1. The molecule has 2 aromatic carbocycles. The van der Waals surface area contributed by atoms with Crippen LogP contribution >= 0.6 is 0 Å². The highest BCUT2D eigenvalue weighted by molar-refractivity contribution is 5.99. The van der Waals surface area contributed by atoms with Crippen molar-refractivity contribution in [2.24, 2.45) is 11.8 Å². The monoisotopic (exact) mass is 626 g/mol. The maximum Gasteiger partial charge on any atom is 0.250 e. The smallest absolute Gasteiger partial charge is 0.250 e. The molecule has 3 amide bonds. The summed E-state index contributed by atoms with van der Waals surface area (Å²) in [5, 5.41) is 18.1. The van der Waals surface area contributed by atoms with Crippen LogP contribution in [0.25, 0.3) is 11.0 Å². The number of carbonyl (C=O) groups is 3. The van der Waals surface area contributed by atoms with Gasteiger partial charge < -0.3 is 24.5 Å². The minimum Gasteiger partial charge on any atom is -0.396 e. The molecule has 0 aliphatic carbocycles. The fourth-order valence-electron chi connectivity index (χ4n) is 7.83. The zero-order chi connectivity index (χ0) is 32.5. The van der Waals surface area contributed by atoms with Crippen molar-refractivity contribution in [1.29, 1.82) is 0 Å². The summed E-state index contributed by atoms with van der Waals surface area (Å²) in [5.41, 5.74) is 0.381. The van der Waals surface area contributed by atoms with Crippen molar-refractivity contribution in [3.63, 3.8) is 0 Å². The van der Waals surface area contributed by atoms with Gasteiger partial charge in [-0.15, -0.1) is 18.3 Å². The first kappa shape index (κ1) is 31.6. The van der Waals surface area contributed by atoms with Crippen LogP contribution < -0.4 is 0 Å². The lowest BCUT2D eigenvalue weighted by Gasteiger charge is -2.37. The lowest BCUT2D eigenvalue weighted by atomic mass is 9.66. The number of amides is 3. The topological polar surface area (TPSA) is 121 Å². The van der Waals surface area contributed by atoms with Crippen molar-refractivity contribution in [2.75, 3.05) is 26.2 Å². The van der Waals surface area contributed by atoms with Crippen LogP contribution in [0.1, 0.15) is 38.2 Å². The average Bonchev–Trinajstić information content (AvgIpc) is 3.76. The first-order valence-electron chi connectivity index (χ1n) is 16.0. The molecule has 3 aliphatic heterocycles. The van der Waals surface area contributed by atoms with E-state index in [1.165, 1.54) is 0 Å². The highest BCUT2D eigenvalue weighted by Gasteiger charge is 2.78. The van der Waals surface area contributed by atoms with Crippen LogP contribution in [0.2, 0.25) is 0 Å². The molecule has 3 saturated heterocycles. The molecule has 0 saturated carbocycles. The Labute approximate surface area is 269 Å². The van der Waals surface area contributed by atoms with E-state index in [0.29, 0.717) is 44.3 Å². The number of ether oxygens (including phenoxy) is 1. The number of aliphatic hydroxyl groups is 1. The summed E-state index contributed by atoms with van der Waals surface area (Å²) < 4.78 is 8.53. The Hall–Kier alpha value is -4.35. The number of nitrogens with zero attached hydrogens (tertiary/aromatic N) is 6. The molecule has 11 heteroatoms. The summed E-state index contributed by atoms with van der Waals surface area (Å²) in [6.45, 7) is 10.9. The lowest BCUT2D eigenvalue weighted by molar-refractivity contribution is -0.154. The van der Waals surface area contributed by atoms with Gasteiger partial charge in [0.2, 0.25) is 17.7 Å². The third-order valence-electron chi connectivity index (χ3n) is 9.85. The molecule has 1 spiro atoms.